The van der Waals surface area contributed by atoms with Gasteiger partial charge in [0, 0.05) is 26.7 Å². The van der Waals surface area contributed by atoms with Crippen LogP contribution in [-0.4, -0.2) is 49.3 Å². The van der Waals surface area contributed by atoms with Crippen LogP contribution in [0.2, 0.25) is 0 Å². The average Bonchev–Trinajstić information content (AvgIpc) is 3.16. The zero-order valence-corrected chi connectivity index (χ0v) is 37.3. The molecule has 2 unspecified atom stereocenters. The van der Waals surface area contributed by atoms with Gasteiger partial charge in [-0.25, -0.2) is 0 Å². The molecule has 0 saturated carbocycles. The van der Waals surface area contributed by atoms with Crippen molar-refractivity contribution in [3.63, 3.8) is 0 Å². The number of unbranched alkanes of at least 4 members (excludes halogenated alkanes) is 25. The van der Waals surface area contributed by atoms with Gasteiger partial charge in [0.1, 0.15) is 12.2 Å². The van der Waals surface area contributed by atoms with Crippen LogP contribution in [-0.2, 0) is 38.1 Å². The summed E-state index contributed by atoms with van der Waals surface area (Å²) in [5.74, 6) is -0.455. The Morgan fingerprint density at radius 2 is 0.589 bits per heavy atom. The summed E-state index contributed by atoms with van der Waals surface area (Å²) in [7, 11) is 0. The second-order valence-electron chi connectivity index (χ2n) is 16.5. The third-order valence-electron chi connectivity index (χ3n) is 10.8. The number of carbonyl (C=O) groups is 4. The van der Waals surface area contributed by atoms with Gasteiger partial charge in [-0.15, -0.1) is 0 Å². The predicted molar refractivity (Wildman–Crippen MR) is 231 cm³/mol. The third-order valence-corrected chi connectivity index (χ3v) is 10.8. The topological polar surface area (TPSA) is 105 Å². The van der Waals surface area contributed by atoms with Crippen LogP contribution in [0, 0.1) is 0 Å². The highest BCUT2D eigenvalue weighted by Gasteiger charge is 2.13. The molecular weight excluding hydrogens is 705 g/mol. The van der Waals surface area contributed by atoms with Crippen LogP contribution >= 0.6 is 0 Å². The van der Waals surface area contributed by atoms with Crippen molar-refractivity contribution in [3.8, 4) is 0 Å². The molecule has 0 rings (SSSR count). The normalized spacial score (nSPS) is 12.3. The van der Waals surface area contributed by atoms with Crippen molar-refractivity contribution in [2.45, 2.75) is 271 Å². The molecule has 330 valence electrons. The fourth-order valence-electron chi connectivity index (χ4n) is 7.42. The molecule has 0 aliphatic heterocycles. The van der Waals surface area contributed by atoms with E-state index in [2.05, 4.69) is 13.8 Å². The molecule has 8 nitrogen and oxygen atoms in total. The minimum Gasteiger partial charge on any atom is -0.466 e. The van der Waals surface area contributed by atoms with E-state index in [4.69, 9.17) is 18.9 Å². The van der Waals surface area contributed by atoms with Gasteiger partial charge in [-0.3, -0.25) is 19.2 Å². The number of rotatable bonds is 43. The second kappa shape index (κ2) is 42.5. The first kappa shape index (κ1) is 53.9. The van der Waals surface area contributed by atoms with Crippen LogP contribution in [0.3, 0.4) is 0 Å². The fourth-order valence-corrected chi connectivity index (χ4v) is 7.42. The van der Waals surface area contributed by atoms with E-state index in [1.807, 2.05) is 0 Å². The molecule has 8 heteroatoms. The van der Waals surface area contributed by atoms with E-state index in [0.717, 1.165) is 141 Å². The van der Waals surface area contributed by atoms with E-state index in [9.17, 15) is 19.2 Å². The summed E-state index contributed by atoms with van der Waals surface area (Å²) in [5, 5.41) is 0. The Morgan fingerprint density at radius 3 is 0.893 bits per heavy atom. The van der Waals surface area contributed by atoms with Crippen LogP contribution in [0.4, 0.5) is 0 Å². The quantitative estimate of drug-likeness (QED) is 0.0341. The van der Waals surface area contributed by atoms with E-state index < -0.39 is 0 Å². The molecule has 0 aromatic heterocycles. The molecule has 2 atom stereocenters. The highest BCUT2D eigenvalue weighted by atomic mass is 16.5. The molecule has 0 aliphatic carbocycles. The van der Waals surface area contributed by atoms with Gasteiger partial charge in [0.2, 0.25) is 0 Å². The average molecular weight is 795 g/mol. The zero-order valence-electron chi connectivity index (χ0n) is 37.3. The van der Waals surface area contributed by atoms with Crippen LogP contribution in [0.1, 0.15) is 259 Å². The van der Waals surface area contributed by atoms with Gasteiger partial charge in [0.15, 0.2) is 0 Å². The summed E-state index contributed by atoms with van der Waals surface area (Å²) in [5.41, 5.74) is 0. The van der Waals surface area contributed by atoms with Crippen molar-refractivity contribution in [2.24, 2.45) is 0 Å². The minimum absolute atomic E-state index is 0.0631. The molecule has 0 bridgehead atoms. The predicted octanol–water partition coefficient (Wildman–Crippen LogP) is 14.0. The van der Waals surface area contributed by atoms with E-state index in [1.54, 1.807) is 0 Å². The van der Waals surface area contributed by atoms with Crippen molar-refractivity contribution in [2.75, 3.05) is 13.2 Å². The number of esters is 4. The molecule has 0 spiro atoms. The third kappa shape index (κ3) is 41.5. The lowest BCUT2D eigenvalue weighted by Gasteiger charge is -2.17. The molecule has 0 heterocycles. The van der Waals surface area contributed by atoms with E-state index in [0.29, 0.717) is 26.1 Å². The van der Waals surface area contributed by atoms with Gasteiger partial charge in [0.05, 0.1) is 13.2 Å². The molecule has 0 radical (unpaired) electrons. The standard InChI is InChI=1S/C48H90O8/c1-5-7-9-11-20-28-36-46(56-44(4)50)38-30-22-15-17-24-32-40-48(52)54-42-34-26-19-13-12-18-25-33-41-53-47(51)39-31-23-16-14-21-29-37-45(55-43(3)49)35-27-10-8-6-2/h45-46H,5-42H2,1-4H3. The highest BCUT2D eigenvalue weighted by molar-refractivity contribution is 5.69. The number of hydrogen-bond donors (Lipinski definition) is 0. The van der Waals surface area contributed by atoms with Gasteiger partial charge in [-0.1, -0.05) is 155 Å². The van der Waals surface area contributed by atoms with Crippen LogP contribution in [0.15, 0.2) is 0 Å². The first-order chi connectivity index (χ1) is 27.3. The summed E-state index contributed by atoms with van der Waals surface area (Å²) >= 11 is 0. The van der Waals surface area contributed by atoms with Gasteiger partial charge < -0.3 is 18.9 Å². The number of carbonyl (C=O) groups excluding carboxylic acids is 4. The Morgan fingerprint density at radius 1 is 0.339 bits per heavy atom. The Labute approximate surface area is 345 Å². The zero-order chi connectivity index (χ0) is 41.2. The van der Waals surface area contributed by atoms with Crippen LogP contribution < -0.4 is 0 Å². The first-order valence-corrected chi connectivity index (χ1v) is 23.9. The SMILES string of the molecule is CCCCCCCCC(CCCCCCCCC(=O)OCCCCCCCCCCOC(=O)CCCCCCCCC(CCCCCC)OC(C)=O)OC(C)=O. The smallest absolute Gasteiger partial charge is 0.305 e. The van der Waals surface area contributed by atoms with Crippen LogP contribution in [0.5, 0.6) is 0 Å². The second-order valence-corrected chi connectivity index (χ2v) is 16.5. The maximum Gasteiger partial charge on any atom is 0.305 e. The maximum absolute atomic E-state index is 12.1. The monoisotopic (exact) mass is 795 g/mol. The molecule has 0 N–H and O–H groups in total. The van der Waals surface area contributed by atoms with Crippen molar-refractivity contribution in [1.82, 2.24) is 0 Å². The molecule has 56 heavy (non-hydrogen) atoms. The van der Waals surface area contributed by atoms with E-state index >= 15 is 0 Å². The van der Waals surface area contributed by atoms with Gasteiger partial charge in [-0.2, -0.15) is 0 Å². The Hall–Kier alpha value is -2.12. The van der Waals surface area contributed by atoms with Crippen LogP contribution in [0.25, 0.3) is 0 Å². The molecule has 0 saturated heterocycles. The molecule has 0 aromatic carbocycles. The maximum atomic E-state index is 12.1. The minimum atomic E-state index is -0.166. The molecular formula is C48H90O8. The lowest BCUT2D eigenvalue weighted by molar-refractivity contribution is -0.148. The van der Waals surface area contributed by atoms with Crippen molar-refractivity contribution >= 4 is 23.9 Å². The van der Waals surface area contributed by atoms with Gasteiger partial charge in [0.25, 0.3) is 0 Å². The number of ether oxygens (including phenoxy) is 4. The Balaban J connectivity index is 3.52. The van der Waals surface area contributed by atoms with Crippen molar-refractivity contribution in [3.05, 3.63) is 0 Å². The highest BCUT2D eigenvalue weighted by Crippen LogP contribution is 2.19. The summed E-state index contributed by atoms with van der Waals surface area (Å²) in [6.45, 7) is 8.54. The molecule has 0 aliphatic rings. The fraction of sp³-hybridized carbons (Fsp3) is 0.917. The van der Waals surface area contributed by atoms with E-state index in [1.165, 1.54) is 90.9 Å². The Bertz CT molecular complexity index is 906. The summed E-state index contributed by atoms with van der Waals surface area (Å²) in [6, 6.07) is 0. The van der Waals surface area contributed by atoms with Crippen molar-refractivity contribution in [1.29, 1.82) is 0 Å². The molecule has 0 fully saturated rings. The lowest BCUT2D eigenvalue weighted by atomic mass is 10.0. The molecule has 0 aromatic rings. The van der Waals surface area contributed by atoms with E-state index in [-0.39, 0.29) is 36.1 Å². The summed E-state index contributed by atoms with van der Waals surface area (Å²) in [6.07, 6.45) is 39.3. The first-order valence-electron chi connectivity index (χ1n) is 23.9. The van der Waals surface area contributed by atoms with Gasteiger partial charge >= 0.3 is 23.9 Å². The lowest BCUT2D eigenvalue weighted by Crippen LogP contribution is -2.16. The molecule has 0 amide bonds. The van der Waals surface area contributed by atoms with Crippen molar-refractivity contribution < 1.29 is 38.1 Å². The number of hydrogen-bond acceptors (Lipinski definition) is 8. The van der Waals surface area contributed by atoms with Gasteiger partial charge in [-0.05, 0) is 77.0 Å². The summed E-state index contributed by atoms with van der Waals surface area (Å²) in [4.78, 5) is 47.0. The summed E-state index contributed by atoms with van der Waals surface area (Å²) < 4.78 is 22.0. The Kier molecular flexibility index (Phi) is 40.9. The largest absolute Gasteiger partial charge is 0.466 e.